The number of carbonyl (C=O) groups is 2. The van der Waals surface area contributed by atoms with Crippen molar-refractivity contribution in [1.82, 2.24) is 5.32 Å². The fraction of sp³-hybridized carbons (Fsp3) is 0.455. The molecule has 0 bridgehead atoms. The van der Waals surface area contributed by atoms with E-state index in [1.54, 1.807) is 28.4 Å². The molecular weight excluding hydrogens is 602 g/mol. The van der Waals surface area contributed by atoms with Crippen molar-refractivity contribution < 1.29 is 33.3 Å². The van der Waals surface area contributed by atoms with Crippen LogP contribution in [0.1, 0.15) is 74.8 Å². The van der Waals surface area contributed by atoms with E-state index in [4.69, 9.17) is 23.7 Å². The first kappa shape index (κ1) is 30.0. The van der Waals surface area contributed by atoms with Crippen LogP contribution < -0.4 is 24.3 Å². The molecule has 1 fully saturated rings. The normalized spacial score (nSPS) is 21.0. The van der Waals surface area contributed by atoms with Gasteiger partial charge in [-0.05, 0) is 96.3 Å². The van der Waals surface area contributed by atoms with Gasteiger partial charge in [0.1, 0.15) is 6.10 Å². The smallest absolute Gasteiger partial charge is 0.337 e. The maximum atomic E-state index is 14.1. The minimum Gasteiger partial charge on any atom is -0.493 e. The Morgan fingerprint density at radius 2 is 1.55 bits per heavy atom. The van der Waals surface area contributed by atoms with Gasteiger partial charge in [-0.2, -0.15) is 0 Å². The van der Waals surface area contributed by atoms with Gasteiger partial charge in [0.05, 0.1) is 38.5 Å². The molecule has 8 nitrogen and oxygen atoms in total. The molecule has 2 atom stereocenters. The molecule has 0 aromatic heterocycles. The lowest BCUT2D eigenvalue weighted by molar-refractivity contribution is -0.146. The van der Waals surface area contributed by atoms with Gasteiger partial charge in [0.25, 0.3) is 0 Å². The van der Waals surface area contributed by atoms with Crippen molar-refractivity contribution in [2.45, 2.75) is 69.8 Å². The second-order valence-electron chi connectivity index (χ2n) is 11.0. The number of ether oxygens (including phenoxy) is 5. The summed E-state index contributed by atoms with van der Waals surface area (Å²) >= 11 is 3.61. The minimum absolute atomic E-state index is 0.0186. The van der Waals surface area contributed by atoms with Crippen LogP contribution in [-0.4, -0.2) is 46.3 Å². The number of esters is 1. The van der Waals surface area contributed by atoms with Crippen LogP contribution in [0.25, 0.3) is 0 Å². The van der Waals surface area contributed by atoms with Crippen molar-refractivity contribution in [3.05, 3.63) is 68.5 Å². The molecule has 2 aromatic rings. The summed E-state index contributed by atoms with van der Waals surface area (Å²) in [6.45, 7) is 1.88. The highest BCUT2D eigenvalue weighted by Gasteiger charge is 2.42. The Bertz CT molecular complexity index is 1440. The predicted molar refractivity (Wildman–Crippen MR) is 162 cm³/mol. The van der Waals surface area contributed by atoms with Gasteiger partial charge in [0, 0.05) is 29.3 Å². The Kier molecular flexibility index (Phi) is 9.16. The number of benzene rings is 2. The minimum atomic E-state index is -0.618. The van der Waals surface area contributed by atoms with Crippen LogP contribution in [0.3, 0.4) is 0 Å². The van der Waals surface area contributed by atoms with Crippen LogP contribution in [0.4, 0.5) is 0 Å². The average Bonchev–Trinajstić information content (AvgIpc) is 2.99. The van der Waals surface area contributed by atoms with Crippen molar-refractivity contribution in [3.8, 4) is 23.0 Å². The molecule has 1 N–H and O–H groups in total. The van der Waals surface area contributed by atoms with Gasteiger partial charge in [-0.3, -0.25) is 4.79 Å². The third-order valence-corrected chi connectivity index (χ3v) is 9.13. The quantitative estimate of drug-likeness (QED) is 0.318. The van der Waals surface area contributed by atoms with Crippen LogP contribution in [-0.2, 0) is 14.3 Å². The van der Waals surface area contributed by atoms with E-state index in [-0.39, 0.29) is 23.8 Å². The van der Waals surface area contributed by atoms with E-state index in [1.165, 1.54) is 0 Å². The summed E-state index contributed by atoms with van der Waals surface area (Å²) in [5.74, 6) is 1.22. The highest BCUT2D eigenvalue weighted by atomic mass is 79.9. The maximum absolute atomic E-state index is 14.1. The van der Waals surface area contributed by atoms with E-state index >= 15 is 0 Å². The number of methoxy groups -OCH3 is 4. The Balaban J connectivity index is 1.58. The summed E-state index contributed by atoms with van der Waals surface area (Å²) in [5, 5.41) is 3.45. The van der Waals surface area contributed by atoms with Gasteiger partial charge in [-0.15, -0.1) is 0 Å². The molecule has 9 heteroatoms. The molecule has 2 aromatic carbocycles. The molecule has 0 saturated heterocycles. The van der Waals surface area contributed by atoms with Crippen LogP contribution in [0.5, 0.6) is 23.0 Å². The van der Waals surface area contributed by atoms with Crippen LogP contribution in [0, 0.1) is 0 Å². The number of hydrogen-bond acceptors (Lipinski definition) is 8. The largest absolute Gasteiger partial charge is 0.493 e. The number of halogens is 1. The number of rotatable bonds is 8. The summed E-state index contributed by atoms with van der Waals surface area (Å²) in [5.41, 5.74) is 4.29. The lowest BCUT2D eigenvalue weighted by atomic mass is 9.71. The monoisotopic (exact) mass is 639 g/mol. The zero-order valence-electron chi connectivity index (χ0n) is 24.8. The van der Waals surface area contributed by atoms with Crippen molar-refractivity contribution in [1.29, 1.82) is 0 Å². The first-order chi connectivity index (χ1) is 20.3. The zero-order chi connectivity index (χ0) is 30.0. The second kappa shape index (κ2) is 12.8. The molecule has 5 rings (SSSR count). The average molecular weight is 641 g/mol. The summed E-state index contributed by atoms with van der Waals surface area (Å²) in [4.78, 5) is 28.0. The molecule has 42 heavy (non-hydrogen) atoms. The molecule has 224 valence electrons. The van der Waals surface area contributed by atoms with Crippen molar-refractivity contribution >= 4 is 27.7 Å². The standard InChI is InChI=1S/C33H38BrNO7/c1-18-29(33(37)42-22-9-7-6-8-10-22)30(21-13-23(34)32(41-5)28(17-21)40-4)31-24(35-18)14-20(15-25(31)36)19-11-12-26(38-2)27(16-19)39-3/h11-13,16-17,20,22,30,35H,6-10,14-15H2,1-5H3/t20-,30+/m1/s1. The highest BCUT2D eigenvalue weighted by Crippen LogP contribution is 2.49. The number of allylic oxidation sites excluding steroid dienone is 3. The highest BCUT2D eigenvalue weighted by molar-refractivity contribution is 9.10. The van der Waals surface area contributed by atoms with Crippen LogP contribution in [0.15, 0.2) is 57.3 Å². The van der Waals surface area contributed by atoms with E-state index in [2.05, 4.69) is 21.2 Å². The molecule has 2 aliphatic carbocycles. The SMILES string of the molecule is COc1ccc([C@H]2CC(=O)C3=C(C2)NC(C)=C(C(=O)OC2CCCCC2)[C@@H]3c2cc(Br)c(OC)c(OC)c2)cc1OC. The van der Waals surface area contributed by atoms with E-state index in [9.17, 15) is 9.59 Å². The van der Waals surface area contributed by atoms with Crippen molar-refractivity contribution in [2.75, 3.05) is 28.4 Å². The number of dihydropyridines is 1. The first-order valence-electron chi connectivity index (χ1n) is 14.4. The topological polar surface area (TPSA) is 92.3 Å². The van der Waals surface area contributed by atoms with E-state index < -0.39 is 5.92 Å². The maximum Gasteiger partial charge on any atom is 0.337 e. The third kappa shape index (κ3) is 5.76. The summed E-state index contributed by atoms with van der Waals surface area (Å²) in [6.07, 6.45) is 5.75. The van der Waals surface area contributed by atoms with Gasteiger partial charge in [-0.25, -0.2) is 4.79 Å². The molecule has 0 radical (unpaired) electrons. The predicted octanol–water partition coefficient (Wildman–Crippen LogP) is 6.72. The Hall–Kier alpha value is -3.46. The molecule has 0 spiro atoms. The van der Waals surface area contributed by atoms with Gasteiger partial charge in [0.15, 0.2) is 28.8 Å². The fourth-order valence-electron chi connectivity index (χ4n) is 6.49. The fourth-order valence-corrected chi connectivity index (χ4v) is 7.11. The number of carbonyl (C=O) groups excluding carboxylic acids is 2. The third-order valence-electron chi connectivity index (χ3n) is 8.54. The van der Waals surface area contributed by atoms with Crippen molar-refractivity contribution in [2.24, 2.45) is 0 Å². The van der Waals surface area contributed by atoms with E-state index in [0.717, 1.165) is 48.9 Å². The van der Waals surface area contributed by atoms with Gasteiger partial charge in [0.2, 0.25) is 0 Å². The molecule has 0 amide bonds. The molecule has 0 unspecified atom stereocenters. The number of Topliss-reactive ketones (excluding diaryl/α,β-unsaturated/α-hetero) is 1. The van der Waals surface area contributed by atoms with Crippen molar-refractivity contribution in [3.63, 3.8) is 0 Å². The number of hydrogen-bond donors (Lipinski definition) is 1. The van der Waals surface area contributed by atoms with Gasteiger partial charge in [-0.1, -0.05) is 12.5 Å². The molecular formula is C33H38BrNO7. The molecule has 1 heterocycles. The summed E-state index contributed by atoms with van der Waals surface area (Å²) < 4.78 is 28.9. The molecule has 1 aliphatic heterocycles. The molecule has 1 saturated carbocycles. The van der Waals surface area contributed by atoms with Crippen LogP contribution in [0.2, 0.25) is 0 Å². The summed E-state index contributed by atoms with van der Waals surface area (Å²) in [6, 6.07) is 9.53. The van der Waals surface area contributed by atoms with Crippen LogP contribution >= 0.6 is 15.9 Å². The Morgan fingerprint density at radius 3 is 2.21 bits per heavy atom. The van der Waals surface area contributed by atoms with Gasteiger partial charge < -0.3 is 29.0 Å². The zero-order valence-corrected chi connectivity index (χ0v) is 26.4. The number of nitrogens with one attached hydrogen (secondary N) is 1. The Morgan fingerprint density at radius 1 is 0.857 bits per heavy atom. The first-order valence-corrected chi connectivity index (χ1v) is 15.2. The van der Waals surface area contributed by atoms with Gasteiger partial charge >= 0.3 is 5.97 Å². The lowest BCUT2D eigenvalue weighted by Crippen LogP contribution is -2.37. The second-order valence-corrected chi connectivity index (χ2v) is 11.9. The summed E-state index contributed by atoms with van der Waals surface area (Å²) in [7, 11) is 6.34. The lowest BCUT2D eigenvalue weighted by Gasteiger charge is -2.37. The van der Waals surface area contributed by atoms with E-state index in [1.807, 2.05) is 37.3 Å². The Labute approximate surface area is 255 Å². The van der Waals surface area contributed by atoms with E-state index in [0.29, 0.717) is 57.2 Å². The molecule has 3 aliphatic rings. The number of ketones is 1.